The fourth-order valence-electron chi connectivity index (χ4n) is 1.85. The van der Waals surface area contributed by atoms with Gasteiger partial charge in [-0.3, -0.25) is 4.79 Å². The monoisotopic (exact) mass is 322 g/mol. The number of hydrogen-bond donors (Lipinski definition) is 1. The quantitative estimate of drug-likeness (QED) is 0.909. The molecule has 0 aliphatic carbocycles. The Morgan fingerprint density at radius 3 is 2.38 bits per heavy atom. The van der Waals surface area contributed by atoms with Gasteiger partial charge in [-0.05, 0) is 35.9 Å². The summed E-state index contributed by atoms with van der Waals surface area (Å²) in [5.41, 5.74) is 2.42. The summed E-state index contributed by atoms with van der Waals surface area (Å²) in [7, 11) is 3.44. The summed E-state index contributed by atoms with van der Waals surface area (Å²) in [6, 6.07) is 12.8. The fraction of sp³-hybridized carbons (Fsp3) is 0.188. The Bertz CT molecular complexity index is 639. The zero-order valence-electron chi connectivity index (χ0n) is 11.9. The first-order valence-electron chi connectivity index (χ1n) is 6.47. The van der Waals surface area contributed by atoms with E-state index in [4.69, 9.17) is 23.2 Å². The molecule has 0 bridgehead atoms. The lowest BCUT2D eigenvalue weighted by Gasteiger charge is -2.13. The Morgan fingerprint density at radius 2 is 1.76 bits per heavy atom. The van der Waals surface area contributed by atoms with Crippen LogP contribution in [0.25, 0.3) is 0 Å². The first kappa shape index (κ1) is 15.7. The zero-order chi connectivity index (χ0) is 15.4. The lowest BCUT2D eigenvalue weighted by atomic mass is 10.1. The highest BCUT2D eigenvalue weighted by atomic mass is 35.5. The predicted molar refractivity (Wildman–Crippen MR) is 88.2 cm³/mol. The molecule has 1 amide bonds. The van der Waals surface area contributed by atoms with Crippen LogP contribution in [0.5, 0.6) is 0 Å². The number of nitrogens with zero attached hydrogens (tertiary/aromatic N) is 1. The van der Waals surface area contributed by atoms with Gasteiger partial charge in [-0.25, -0.2) is 0 Å². The molecule has 0 atom stereocenters. The Hall–Kier alpha value is -1.71. The molecule has 0 aliphatic rings. The maximum Gasteiger partial charge on any atom is 0.253 e. The highest BCUT2D eigenvalue weighted by molar-refractivity contribution is 6.33. The Morgan fingerprint density at radius 1 is 1.10 bits per heavy atom. The van der Waals surface area contributed by atoms with E-state index in [0.29, 0.717) is 22.2 Å². The number of amides is 1. The van der Waals surface area contributed by atoms with Crippen LogP contribution in [0.2, 0.25) is 10.0 Å². The number of nitrogens with one attached hydrogen (secondary N) is 1. The summed E-state index contributed by atoms with van der Waals surface area (Å²) in [5, 5.41) is 4.52. The van der Waals surface area contributed by atoms with Crippen LogP contribution in [0.3, 0.4) is 0 Å². The van der Waals surface area contributed by atoms with Crippen molar-refractivity contribution in [2.45, 2.75) is 6.54 Å². The van der Waals surface area contributed by atoms with Gasteiger partial charge in [-0.1, -0.05) is 35.3 Å². The van der Waals surface area contributed by atoms with Crippen LogP contribution < -0.4 is 5.32 Å². The molecule has 0 aliphatic heterocycles. The van der Waals surface area contributed by atoms with Crippen molar-refractivity contribution in [2.24, 2.45) is 0 Å². The average Bonchev–Trinajstić information content (AvgIpc) is 2.47. The van der Waals surface area contributed by atoms with Crippen molar-refractivity contribution in [3.05, 3.63) is 63.6 Å². The van der Waals surface area contributed by atoms with Gasteiger partial charge < -0.3 is 10.2 Å². The molecule has 0 heterocycles. The third-order valence-corrected chi connectivity index (χ3v) is 3.60. The second kappa shape index (κ2) is 6.83. The summed E-state index contributed by atoms with van der Waals surface area (Å²) < 4.78 is 0. The van der Waals surface area contributed by atoms with Crippen LogP contribution in [0.15, 0.2) is 42.5 Å². The predicted octanol–water partition coefficient (Wildman–Crippen LogP) is 4.31. The number of carbonyl (C=O) groups is 1. The molecule has 2 aromatic rings. The summed E-state index contributed by atoms with van der Waals surface area (Å²) in [6.07, 6.45) is 0. The molecule has 5 heteroatoms. The molecule has 0 radical (unpaired) electrons. The van der Waals surface area contributed by atoms with E-state index in [1.807, 2.05) is 24.3 Å². The Balaban J connectivity index is 2.14. The van der Waals surface area contributed by atoms with E-state index in [9.17, 15) is 4.79 Å². The van der Waals surface area contributed by atoms with Gasteiger partial charge in [-0.2, -0.15) is 0 Å². The maximum atomic E-state index is 12.0. The van der Waals surface area contributed by atoms with Crippen molar-refractivity contribution in [1.29, 1.82) is 0 Å². The number of hydrogen-bond acceptors (Lipinski definition) is 2. The van der Waals surface area contributed by atoms with Crippen LogP contribution in [0, 0.1) is 0 Å². The minimum absolute atomic E-state index is 0.0544. The number of rotatable bonds is 4. The molecular weight excluding hydrogens is 307 g/mol. The van der Waals surface area contributed by atoms with Crippen molar-refractivity contribution >= 4 is 34.8 Å². The van der Waals surface area contributed by atoms with E-state index in [0.717, 1.165) is 11.3 Å². The molecular formula is C16H16Cl2N2O. The van der Waals surface area contributed by atoms with Crippen LogP contribution in [0.4, 0.5) is 5.69 Å². The Labute approximate surface area is 134 Å². The lowest BCUT2D eigenvalue weighted by molar-refractivity contribution is 0.0827. The molecule has 3 nitrogen and oxygen atoms in total. The second-order valence-electron chi connectivity index (χ2n) is 4.87. The maximum absolute atomic E-state index is 12.0. The second-order valence-corrected chi connectivity index (χ2v) is 5.72. The van der Waals surface area contributed by atoms with E-state index >= 15 is 0 Å². The molecule has 0 spiro atoms. The summed E-state index contributed by atoms with van der Waals surface area (Å²) in [4.78, 5) is 13.5. The molecule has 21 heavy (non-hydrogen) atoms. The van der Waals surface area contributed by atoms with E-state index in [1.165, 1.54) is 4.90 Å². The minimum Gasteiger partial charge on any atom is -0.380 e. The molecule has 0 fully saturated rings. The van der Waals surface area contributed by atoms with Gasteiger partial charge >= 0.3 is 0 Å². The van der Waals surface area contributed by atoms with Gasteiger partial charge in [0, 0.05) is 31.2 Å². The van der Waals surface area contributed by atoms with Gasteiger partial charge in [0.1, 0.15) is 0 Å². The van der Waals surface area contributed by atoms with Gasteiger partial charge in [-0.15, -0.1) is 0 Å². The highest BCUT2D eigenvalue weighted by Gasteiger charge is 2.10. The molecule has 0 saturated carbocycles. The van der Waals surface area contributed by atoms with Crippen molar-refractivity contribution in [1.82, 2.24) is 4.90 Å². The van der Waals surface area contributed by atoms with E-state index in [-0.39, 0.29) is 5.91 Å². The van der Waals surface area contributed by atoms with Crippen molar-refractivity contribution in [3.63, 3.8) is 0 Å². The first-order chi connectivity index (χ1) is 9.97. The average molecular weight is 323 g/mol. The third kappa shape index (κ3) is 4.13. The molecule has 2 aromatic carbocycles. The topological polar surface area (TPSA) is 32.3 Å². The first-order valence-corrected chi connectivity index (χ1v) is 7.22. The van der Waals surface area contributed by atoms with Crippen molar-refractivity contribution < 1.29 is 4.79 Å². The van der Waals surface area contributed by atoms with Crippen LogP contribution in [-0.4, -0.2) is 24.9 Å². The van der Waals surface area contributed by atoms with E-state index < -0.39 is 0 Å². The highest BCUT2D eigenvalue weighted by Crippen LogP contribution is 2.24. The van der Waals surface area contributed by atoms with E-state index in [1.54, 1.807) is 32.3 Å². The van der Waals surface area contributed by atoms with Crippen LogP contribution in [-0.2, 0) is 6.54 Å². The summed E-state index contributed by atoms with van der Waals surface area (Å²) in [5.74, 6) is -0.0544. The van der Waals surface area contributed by atoms with E-state index in [2.05, 4.69) is 5.32 Å². The van der Waals surface area contributed by atoms with Gasteiger partial charge in [0.25, 0.3) is 5.91 Å². The number of anilines is 1. The van der Waals surface area contributed by atoms with Crippen molar-refractivity contribution in [2.75, 3.05) is 19.4 Å². The summed E-state index contributed by atoms with van der Waals surface area (Å²) in [6.45, 7) is 0.608. The number of halogens is 2. The lowest BCUT2D eigenvalue weighted by Crippen LogP contribution is -2.21. The number of benzene rings is 2. The van der Waals surface area contributed by atoms with Gasteiger partial charge in [0.15, 0.2) is 0 Å². The van der Waals surface area contributed by atoms with Crippen LogP contribution in [0.1, 0.15) is 15.9 Å². The molecule has 1 N–H and O–H groups in total. The largest absolute Gasteiger partial charge is 0.380 e. The summed E-state index contributed by atoms with van der Waals surface area (Å²) >= 11 is 12.0. The standard InChI is InChI=1S/C16H16Cl2N2O/c1-20(2)16(21)12-5-8-14(18)15(9-12)19-10-11-3-6-13(17)7-4-11/h3-9,19H,10H2,1-2H3. The molecule has 110 valence electrons. The van der Waals surface area contributed by atoms with Gasteiger partial charge in [0.05, 0.1) is 10.7 Å². The molecule has 2 rings (SSSR count). The molecule has 0 aromatic heterocycles. The normalized spacial score (nSPS) is 10.3. The zero-order valence-corrected chi connectivity index (χ0v) is 13.4. The minimum atomic E-state index is -0.0544. The van der Waals surface area contributed by atoms with Crippen LogP contribution >= 0.6 is 23.2 Å². The number of carbonyl (C=O) groups excluding carboxylic acids is 1. The van der Waals surface area contributed by atoms with Gasteiger partial charge in [0.2, 0.25) is 0 Å². The molecule has 0 unspecified atom stereocenters. The smallest absolute Gasteiger partial charge is 0.253 e. The Kier molecular flexibility index (Phi) is 5.10. The fourth-order valence-corrected chi connectivity index (χ4v) is 2.16. The third-order valence-electron chi connectivity index (χ3n) is 3.02. The SMILES string of the molecule is CN(C)C(=O)c1ccc(Cl)c(NCc2ccc(Cl)cc2)c1. The molecule has 0 saturated heterocycles. The van der Waals surface area contributed by atoms with Crippen molar-refractivity contribution in [3.8, 4) is 0 Å².